The molecule has 0 aliphatic carbocycles. The molecule has 27 heavy (non-hydrogen) atoms. The van der Waals surface area contributed by atoms with Crippen molar-refractivity contribution >= 4 is 11.7 Å². The van der Waals surface area contributed by atoms with Crippen molar-refractivity contribution in [1.29, 1.82) is 0 Å². The number of urea groups is 1. The van der Waals surface area contributed by atoms with Crippen molar-refractivity contribution in [1.82, 2.24) is 4.90 Å². The quantitative estimate of drug-likeness (QED) is 0.672. The fourth-order valence-electron chi connectivity index (χ4n) is 2.93. The molecule has 0 radical (unpaired) electrons. The molecule has 2 rings (SSSR count). The lowest BCUT2D eigenvalue weighted by atomic mass is 9.93. The molecule has 146 valence electrons. The first kappa shape index (κ1) is 20.8. The second-order valence-electron chi connectivity index (χ2n) is 7.63. The number of carbonyl (C=O) groups excluding carboxylic acids is 1. The molecule has 1 N–H and O–H groups in total. The summed E-state index contributed by atoms with van der Waals surface area (Å²) in [5, 5.41) is 3.13. The summed E-state index contributed by atoms with van der Waals surface area (Å²) < 4.78 is 5.73. The minimum absolute atomic E-state index is 0.113. The maximum absolute atomic E-state index is 12.7. The van der Waals surface area contributed by atoms with Crippen LogP contribution in [-0.4, -0.2) is 31.1 Å². The molecule has 0 aliphatic rings. The number of ether oxygens (including phenoxy) is 1. The number of benzene rings is 2. The van der Waals surface area contributed by atoms with Crippen molar-refractivity contribution in [3.63, 3.8) is 0 Å². The van der Waals surface area contributed by atoms with Crippen LogP contribution in [0.4, 0.5) is 10.5 Å². The van der Waals surface area contributed by atoms with E-state index in [2.05, 4.69) is 51.2 Å². The molecule has 0 atom stereocenters. The number of nitrogens with one attached hydrogen (secondary N) is 1. The topological polar surface area (TPSA) is 41.6 Å². The predicted molar refractivity (Wildman–Crippen MR) is 113 cm³/mol. The van der Waals surface area contributed by atoms with Gasteiger partial charge in [-0.3, -0.25) is 0 Å². The highest BCUT2D eigenvalue weighted by Crippen LogP contribution is 2.32. The maximum Gasteiger partial charge on any atom is 0.321 e. The Morgan fingerprint density at radius 1 is 1.00 bits per heavy atom. The van der Waals surface area contributed by atoms with Gasteiger partial charge in [-0.2, -0.15) is 0 Å². The summed E-state index contributed by atoms with van der Waals surface area (Å²) in [6.45, 7) is 11.6. The third-order valence-electron chi connectivity index (χ3n) is 4.67. The van der Waals surface area contributed by atoms with Crippen LogP contribution in [0.25, 0.3) is 0 Å². The first-order chi connectivity index (χ1) is 12.8. The van der Waals surface area contributed by atoms with Gasteiger partial charge in [-0.05, 0) is 42.0 Å². The Kier molecular flexibility index (Phi) is 7.28. The lowest BCUT2D eigenvalue weighted by Gasteiger charge is -2.23. The molecule has 0 saturated heterocycles. The van der Waals surface area contributed by atoms with Gasteiger partial charge in [-0.15, -0.1) is 0 Å². The van der Waals surface area contributed by atoms with E-state index in [0.717, 1.165) is 11.4 Å². The Morgan fingerprint density at radius 3 is 2.07 bits per heavy atom. The number of aryl methyl sites for hydroxylation is 1. The Labute approximate surface area is 163 Å². The van der Waals surface area contributed by atoms with Gasteiger partial charge in [-0.25, -0.2) is 4.79 Å². The number of anilines is 1. The highest BCUT2D eigenvalue weighted by Gasteiger charge is 2.17. The van der Waals surface area contributed by atoms with E-state index in [-0.39, 0.29) is 6.03 Å². The largest absolute Gasteiger partial charge is 0.492 e. The molecule has 0 spiro atoms. The molecule has 0 aromatic heterocycles. The zero-order valence-electron chi connectivity index (χ0n) is 17.4. The molecule has 4 heteroatoms. The van der Waals surface area contributed by atoms with Gasteiger partial charge < -0.3 is 15.0 Å². The molecule has 0 fully saturated rings. The zero-order valence-corrected chi connectivity index (χ0v) is 17.4. The molecular formula is C23H32N2O2. The summed E-state index contributed by atoms with van der Waals surface area (Å²) in [4.78, 5) is 14.4. The molecule has 0 bridgehead atoms. The van der Waals surface area contributed by atoms with Crippen LogP contribution < -0.4 is 10.1 Å². The highest BCUT2D eigenvalue weighted by atomic mass is 16.5. The normalized spacial score (nSPS) is 11.0. The van der Waals surface area contributed by atoms with Crippen molar-refractivity contribution in [2.45, 2.75) is 46.5 Å². The van der Waals surface area contributed by atoms with E-state index in [4.69, 9.17) is 4.74 Å². The molecule has 2 amide bonds. The Hall–Kier alpha value is -2.49. The minimum Gasteiger partial charge on any atom is -0.492 e. The Bertz CT molecular complexity index is 725. The number of likely N-dealkylation sites (N-methyl/N-ethyl adjacent to an activating group) is 1. The summed E-state index contributed by atoms with van der Waals surface area (Å²) in [5.74, 6) is 1.50. The van der Waals surface area contributed by atoms with E-state index in [1.165, 1.54) is 16.7 Å². The molecular weight excluding hydrogens is 336 g/mol. The van der Waals surface area contributed by atoms with Gasteiger partial charge in [0.2, 0.25) is 0 Å². The van der Waals surface area contributed by atoms with Gasteiger partial charge >= 0.3 is 6.03 Å². The molecule has 0 saturated carbocycles. The fourth-order valence-corrected chi connectivity index (χ4v) is 2.93. The summed E-state index contributed by atoms with van der Waals surface area (Å²) in [7, 11) is 1.79. The van der Waals surface area contributed by atoms with Gasteiger partial charge in [-0.1, -0.05) is 63.6 Å². The van der Waals surface area contributed by atoms with Gasteiger partial charge in [0.1, 0.15) is 12.4 Å². The molecule has 2 aromatic rings. The number of para-hydroxylation sites is 1. The second-order valence-corrected chi connectivity index (χ2v) is 7.63. The fraction of sp³-hybridized carbons (Fsp3) is 0.435. The predicted octanol–water partition coefficient (Wildman–Crippen LogP) is 5.78. The van der Waals surface area contributed by atoms with Crippen LogP contribution in [0.5, 0.6) is 5.75 Å². The van der Waals surface area contributed by atoms with E-state index in [1.807, 2.05) is 31.2 Å². The molecule has 0 aliphatic heterocycles. The third kappa shape index (κ3) is 5.75. The average Bonchev–Trinajstić information content (AvgIpc) is 2.62. The molecule has 0 heterocycles. The van der Waals surface area contributed by atoms with Gasteiger partial charge in [0.05, 0.1) is 6.54 Å². The van der Waals surface area contributed by atoms with Crippen LogP contribution in [0.3, 0.4) is 0 Å². The minimum atomic E-state index is -0.113. The van der Waals surface area contributed by atoms with Crippen LogP contribution in [0.2, 0.25) is 0 Å². The number of amides is 2. The summed E-state index contributed by atoms with van der Waals surface area (Å²) in [6.07, 6.45) is 0. The van der Waals surface area contributed by atoms with Crippen LogP contribution >= 0.6 is 0 Å². The number of carbonyl (C=O) groups is 1. The van der Waals surface area contributed by atoms with E-state index in [9.17, 15) is 4.79 Å². The second kappa shape index (κ2) is 9.45. The number of hydrogen-bond acceptors (Lipinski definition) is 2. The number of hydrogen-bond donors (Lipinski definition) is 1. The SMILES string of the molecule is Cc1ccc(OCCN(C)C(=O)Nc2c(C(C)C)cccc2C(C)C)cc1. The summed E-state index contributed by atoms with van der Waals surface area (Å²) in [5.41, 5.74) is 4.47. The Morgan fingerprint density at radius 2 is 1.56 bits per heavy atom. The van der Waals surface area contributed by atoms with E-state index >= 15 is 0 Å². The Balaban J connectivity index is 2.00. The van der Waals surface area contributed by atoms with E-state index in [1.54, 1.807) is 11.9 Å². The summed E-state index contributed by atoms with van der Waals surface area (Å²) >= 11 is 0. The van der Waals surface area contributed by atoms with Crippen molar-refractivity contribution < 1.29 is 9.53 Å². The van der Waals surface area contributed by atoms with Crippen molar-refractivity contribution in [2.24, 2.45) is 0 Å². The van der Waals surface area contributed by atoms with Gasteiger partial charge in [0.25, 0.3) is 0 Å². The van der Waals surface area contributed by atoms with E-state index < -0.39 is 0 Å². The monoisotopic (exact) mass is 368 g/mol. The smallest absolute Gasteiger partial charge is 0.321 e. The molecule has 4 nitrogen and oxygen atoms in total. The number of nitrogens with zero attached hydrogens (tertiary/aromatic N) is 1. The lowest BCUT2D eigenvalue weighted by Crippen LogP contribution is -2.35. The van der Waals surface area contributed by atoms with Gasteiger partial charge in [0.15, 0.2) is 0 Å². The standard InChI is InChI=1S/C23H32N2O2/c1-16(2)20-8-7-9-21(17(3)4)22(20)24-23(26)25(6)14-15-27-19-12-10-18(5)11-13-19/h7-13,16-17H,14-15H2,1-6H3,(H,24,26). The third-order valence-corrected chi connectivity index (χ3v) is 4.67. The van der Waals surface area contributed by atoms with Crippen LogP contribution in [0.15, 0.2) is 42.5 Å². The molecule has 2 aromatic carbocycles. The van der Waals surface area contributed by atoms with Crippen molar-refractivity contribution in [3.8, 4) is 5.75 Å². The van der Waals surface area contributed by atoms with Crippen LogP contribution in [-0.2, 0) is 0 Å². The highest BCUT2D eigenvalue weighted by molar-refractivity contribution is 5.91. The van der Waals surface area contributed by atoms with Crippen molar-refractivity contribution in [2.75, 3.05) is 25.5 Å². The van der Waals surface area contributed by atoms with Crippen LogP contribution in [0, 0.1) is 6.92 Å². The number of rotatable bonds is 7. The maximum atomic E-state index is 12.7. The van der Waals surface area contributed by atoms with Crippen LogP contribution in [0.1, 0.15) is 56.2 Å². The zero-order chi connectivity index (χ0) is 20.0. The van der Waals surface area contributed by atoms with E-state index in [0.29, 0.717) is 25.0 Å². The van der Waals surface area contributed by atoms with Gasteiger partial charge in [0, 0.05) is 12.7 Å². The first-order valence-corrected chi connectivity index (χ1v) is 9.64. The van der Waals surface area contributed by atoms with Crippen molar-refractivity contribution in [3.05, 3.63) is 59.2 Å². The summed E-state index contributed by atoms with van der Waals surface area (Å²) in [6, 6.07) is 14.1. The molecule has 0 unspecified atom stereocenters. The first-order valence-electron chi connectivity index (χ1n) is 9.64. The lowest BCUT2D eigenvalue weighted by molar-refractivity contribution is 0.207. The average molecular weight is 369 g/mol.